The summed E-state index contributed by atoms with van der Waals surface area (Å²) in [6.07, 6.45) is 2.49. The number of pyridine rings is 1. The maximum absolute atomic E-state index is 12.7. The lowest BCUT2D eigenvalue weighted by Gasteiger charge is -2.35. The molecule has 0 bridgehead atoms. The first-order valence-corrected chi connectivity index (χ1v) is 10.1. The van der Waals surface area contributed by atoms with Crippen LogP contribution in [0.15, 0.2) is 42.6 Å². The van der Waals surface area contributed by atoms with Gasteiger partial charge in [0.25, 0.3) is 5.91 Å². The van der Waals surface area contributed by atoms with Crippen LogP contribution in [0.5, 0.6) is 5.75 Å². The predicted molar refractivity (Wildman–Crippen MR) is 113 cm³/mol. The van der Waals surface area contributed by atoms with Gasteiger partial charge in [0, 0.05) is 12.2 Å². The van der Waals surface area contributed by atoms with E-state index in [-0.39, 0.29) is 30.9 Å². The SMILES string of the molecule is CCC(CC)NC(=O)C1CN(CC(=O)Nc2ccc(Cl)cn2)c2ccccc2O1. The van der Waals surface area contributed by atoms with Gasteiger partial charge in [-0.25, -0.2) is 4.98 Å². The molecule has 154 valence electrons. The molecule has 2 amide bonds. The number of carbonyl (C=O) groups excluding carboxylic acids is 2. The Morgan fingerprint density at radius 1 is 1.24 bits per heavy atom. The van der Waals surface area contributed by atoms with E-state index >= 15 is 0 Å². The largest absolute Gasteiger partial charge is 0.477 e. The number of aromatic nitrogens is 1. The normalized spacial score (nSPS) is 15.4. The zero-order valence-corrected chi connectivity index (χ0v) is 17.3. The summed E-state index contributed by atoms with van der Waals surface area (Å²) in [5, 5.41) is 6.27. The Kier molecular flexibility index (Phi) is 6.93. The average molecular weight is 417 g/mol. The van der Waals surface area contributed by atoms with Crippen molar-refractivity contribution in [3.63, 3.8) is 0 Å². The van der Waals surface area contributed by atoms with Crippen molar-refractivity contribution in [1.82, 2.24) is 10.3 Å². The number of hydrogen-bond acceptors (Lipinski definition) is 5. The molecule has 3 rings (SSSR count). The standard InChI is InChI=1S/C21H25ClN4O3/c1-3-15(4-2)24-21(28)18-12-26(16-7-5-6-8-17(16)29-18)13-20(27)25-19-10-9-14(22)11-23-19/h5-11,15,18H,3-4,12-13H2,1-2H3,(H,24,28)(H,23,25,27). The van der Waals surface area contributed by atoms with Gasteiger partial charge in [-0.15, -0.1) is 0 Å². The van der Waals surface area contributed by atoms with E-state index in [1.807, 2.05) is 36.9 Å². The molecule has 2 aromatic rings. The van der Waals surface area contributed by atoms with Gasteiger partial charge >= 0.3 is 0 Å². The number of halogens is 1. The van der Waals surface area contributed by atoms with Crippen molar-refractivity contribution in [2.24, 2.45) is 0 Å². The molecule has 0 saturated carbocycles. The van der Waals surface area contributed by atoms with Gasteiger partial charge in [-0.3, -0.25) is 9.59 Å². The van der Waals surface area contributed by atoms with Gasteiger partial charge in [0.1, 0.15) is 11.6 Å². The van der Waals surface area contributed by atoms with Gasteiger partial charge in [0.15, 0.2) is 6.10 Å². The van der Waals surface area contributed by atoms with Gasteiger partial charge in [0.05, 0.1) is 23.8 Å². The quantitative estimate of drug-likeness (QED) is 0.723. The molecule has 1 aromatic carbocycles. The summed E-state index contributed by atoms with van der Waals surface area (Å²) < 4.78 is 5.91. The summed E-state index contributed by atoms with van der Waals surface area (Å²) in [6.45, 7) is 4.42. The molecule has 0 radical (unpaired) electrons. The maximum atomic E-state index is 12.7. The summed E-state index contributed by atoms with van der Waals surface area (Å²) >= 11 is 5.83. The number of anilines is 2. The van der Waals surface area contributed by atoms with Crippen LogP contribution in [0.2, 0.25) is 5.02 Å². The number of hydrogen-bond donors (Lipinski definition) is 2. The molecule has 8 heteroatoms. The smallest absolute Gasteiger partial charge is 0.263 e. The average Bonchev–Trinajstić information content (AvgIpc) is 2.73. The number of benzene rings is 1. The fourth-order valence-electron chi connectivity index (χ4n) is 3.19. The zero-order chi connectivity index (χ0) is 20.8. The topological polar surface area (TPSA) is 83.6 Å². The third-order valence-electron chi connectivity index (χ3n) is 4.82. The van der Waals surface area contributed by atoms with Crippen LogP contribution in [0.25, 0.3) is 0 Å². The molecule has 2 heterocycles. The van der Waals surface area contributed by atoms with Gasteiger partial charge in [-0.2, -0.15) is 0 Å². The molecule has 1 atom stereocenters. The van der Waals surface area contributed by atoms with Crippen LogP contribution in [0.1, 0.15) is 26.7 Å². The number of amides is 2. The second-order valence-electron chi connectivity index (χ2n) is 6.89. The van der Waals surface area contributed by atoms with Crippen LogP contribution in [-0.4, -0.2) is 42.0 Å². The minimum absolute atomic E-state index is 0.0689. The van der Waals surface area contributed by atoms with Crippen molar-refractivity contribution in [1.29, 1.82) is 0 Å². The van der Waals surface area contributed by atoms with E-state index in [9.17, 15) is 9.59 Å². The molecule has 1 aromatic heterocycles. The van der Waals surface area contributed by atoms with Crippen molar-refractivity contribution < 1.29 is 14.3 Å². The Hall–Kier alpha value is -2.80. The second-order valence-corrected chi connectivity index (χ2v) is 7.32. The minimum atomic E-state index is -0.688. The van der Waals surface area contributed by atoms with Crippen molar-refractivity contribution in [3.8, 4) is 5.75 Å². The Morgan fingerprint density at radius 3 is 2.69 bits per heavy atom. The molecular formula is C21H25ClN4O3. The van der Waals surface area contributed by atoms with Crippen LogP contribution in [-0.2, 0) is 9.59 Å². The van der Waals surface area contributed by atoms with Crippen LogP contribution in [0.4, 0.5) is 11.5 Å². The molecule has 2 N–H and O–H groups in total. The number of nitrogens with one attached hydrogen (secondary N) is 2. The van der Waals surface area contributed by atoms with E-state index in [0.717, 1.165) is 18.5 Å². The van der Waals surface area contributed by atoms with E-state index in [0.29, 0.717) is 16.6 Å². The monoisotopic (exact) mass is 416 g/mol. The molecular weight excluding hydrogens is 392 g/mol. The number of nitrogens with zero attached hydrogens (tertiary/aromatic N) is 2. The molecule has 1 aliphatic heterocycles. The van der Waals surface area contributed by atoms with E-state index in [1.165, 1.54) is 6.20 Å². The zero-order valence-electron chi connectivity index (χ0n) is 16.5. The number of ether oxygens (including phenoxy) is 1. The highest BCUT2D eigenvalue weighted by molar-refractivity contribution is 6.30. The lowest BCUT2D eigenvalue weighted by atomic mass is 10.1. The fourth-order valence-corrected chi connectivity index (χ4v) is 3.30. The Bertz CT molecular complexity index is 855. The van der Waals surface area contributed by atoms with Crippen LogP contribution in [0.3, 0.4) is 0 Å². The first kappa shape index (κ1) is 20.9. The Labute approximate surface area is 175 Å². The van der Waals surface area contributed by atoms with Crippen LogP contribution < -0.4 is 20.3 Å². The van der Waals surface area contributed by atoms with Crippen LogP contribution >= 0.6 is 11.6 Å². The summed E-state index contributed by atoms with van der Waals surface area (Å²) in [7, 11) is 0. The summed E-state index contributed by atoms with van der Waals surface area (Å²) in [5.41, 5.74) is 0.776. The van der Waals surface area contributed by atoms with Crippen molar-refractivity contribution in [2.45, 2.75) is 38.8 Å². The van der Waals surface area contributed by atoms with Crippen LogP contribution in [0, 0.1) is 0 Å². The lowest BCUT2D eigenvalue weighted by Crippen LogP contribution is -2.52. The molecule has 0 spiro atoms. The van der Waals surface area contributed by atoms with E-state index in [4.69, 9.17) is 16.3 Å². The van der Waals surface area contributed by atoms with E-state index in [2.05, 4.69) is 15.6 Å². The van der Waals surface area contributed by atoms with Gasteiger partial charge < -0.3 is 20.3 Å². The molecule has 29 heavy (non-hydrogen) atoms. The summed E-state index contributed by atoms with van der Waals surface area (Å²) in [5.74, 6) is 0.596. The minimum Gasteiger partial charge on any atom is -0.477 e. The lowest BCUT2D eigenvalue weighted by molar-refractivity contribution is -0.129. The molecule has 1 aliphatic rings. The van der Waals surface area contributed by atoms with Crippen molar-refractivity contribution in [2.75, 3.05) is 23.3 Å². The van der Waals surface area contributed by atoms with Crippen molar-refractivity contribution >= 4 is 34.9 Å². The maximum Gasteiger partial charge on any atom is 0.263 e. The highest BCUT2D eigenvalue weighted by Crippen LogP contribution is 2.33. The molecule has 7 nitrogen and oxygen atoms in total. The predicted octanol–water partition coefficient (Wildman–Crippen LogP) is 3.25. The summed E-state index contributed by atoms with van der Waals surface area (Å²) in [6, 6.07) is 10.8. The first-order chi connectivity index (χ1) is 14.0. The molecule has 0 aliphatic carbocycles. The van der Waals surface area contributed by atoms with E-state index in [1.54, 1.807) is 18.2 Å². The number of carbonyl (C=O) groups is 2. The Morgan fingerprint density at radius 2 is 2.00 bits per heavy atom. The van der Waals surface area contributed by atoms with Crippen molar-refractivity contribution in [3.05, 3.63) is 47.6 Å². The highest BCUT2D eigenvalue weighted by atomic mass is 35.5. The van der Waals surface area contributed by atoms with E-state index < -0.39 is 6.10 Å². The molecule has 0 fully saturated rings. The highest BCUT2D eigenvalue weighted by Gasteiger charge is 2.32. The first-order valence-electron chi connectivity index (χ1n) is 9.72. The Balaban J connectivity index is 1.71. The van der Waals surface area contributed by atoms with Gasteiger partial charge in [-0.05, 0) is 37.1 Å². The second kappa shape index (κ2) is 9.60. The number of rotatable bonds is 7. The fraction of sp³-hybridized carbons (Fsp3) is 0.381. The summed E-state index contributed by atoms with van der Waals surface area (Å²) in [4.78, 5) is 31.2. The third kappa shape index (κ3) is 5.38. The van der Waals surface area contributed by atoms with Gasteiger partial charge in [-0.1, -0.05) is 37.6 Å². The molecule has 1 unspecified atom stereocenters. The molecule has 0 saturated heterocycles. The number of fused-ring (bicyclic) bond motifs is 1. The van der Waals surface area contributed by atoms with Gasteiger partial charge in [0.2, 0.25) is 5.91 Å². The number of para-hydroxylation sites is 2. The third-order valence-corrected chi connectivity index (χ3v) is 5.04.